The molecule has 0 radical (unpaired) electrons. The van der Waals surface area contributed by atoms with Crippen LogP contribution >= 0.6 is 0 Å². The molecule has 1 aromatic rings. The molecule has 0 saturated carbocycles. The van der Waals surface area contributed by atoms with E-state index in [0.29, 0.717) is 12.3 Å². The highest BCUT2D eigenvalue weighted by Gasteiger charge is 2.21. The summed E-state index contributed by atoms with van der Waals surface area (Å²) in [6.45, 7) is 9.34. The summed E-state index contributed by atoms with van der Waals surface area (Å²) in [6.07, 6.45) is 1.30. The highest BCUT2D eigenvalue weighted by atomic mass is 16.4. The third-order valence-electron chi connectivity index (χ3n) is 5.55. The van der Waals surface area contributed by atoms with Crippen LogP contribution in [0.15, 0.2) is 24.3 Å². The quantitative estimate of drug-likeness (QED) is 0.780. The average molecular weight is 395 g/mol. The average Bonchev–Trinajstić information content (AvgIpc) is 3.12. The van der Waals surface area contributed by atoms with Gasteiger partial charge in [0.1, 0.15) is 0 Å². The minimum atomic E-state index is -1.23. The van der Waals surface area contributed by atoms with Crippen LogP contribution in [0, 0.1) is 0 Å². The molecule has 0 aromatic heterocycles. The van der Waals surface area contributed by atoms with E-state index in [-0.39, 0.29) is 11.1 Å². The van der Waals surface area contributed by atoms with E-state index in [1.807, 2.05) is 0 Å². The molecule has 8 heteroatoms. The lowest BCUT2D eigenvalue weighted by Gasteiger charge is -2.19. The van der Waals surface area contributed by atoms with Crippen molar-refractivity contribution < 1.29 is 19.8 Å². The van der Waals surface area contributed by atoms with Crippen LogP contribution in [-0.4, -0.2) is 108 Å². The van der Waals surface area contributed by atoms with Gasteiger partial charge in [0.25, 0.3) is 0 Å². The molecule has 0 bridgehead atoms. The molecule has 2 aliphatic heterocycles. The molecule has 2 N–H and O–H groups in total. The molecule has 158 valence electrons. The van der Waals surface area contributed by atoms with Crippen LogP contribution < -0.4 is 0 Å². The van der Waals surface area contributed by atoms with Crippen molar-refractivity contribution in [2.24, 2.45) is 0 Å². The van der Waals surface area contributed by atoms with Gasteiger partial charge >= 0.3 is 11.9 Å². The molecule has 2 fully saturated rings. The van der Waals surface area contributed by atoms with E-state index in [1.165, 1.54) is 50.4 Å². The van der Waals surface area contributed by atoms with Crippen LogP contribution in [0.25, 0.3) is 0 Å². The molecule has 3 rings (SSSR count). The maximum Gasteiger partial charge on any atom is 0.336 e. The Morgan fingerprint density at radius 3 is 1.11 bits per heavy atom. The number of hydrogen-bond donors (Lipinski definition) is 2. The fraction of sp³-hybridized carbons (Fsp3) is 0.600. The van der Waals surface area contributed by atoms with Crippen molar-refractivity contribution in [1.29, 1.82) is 0 Å². The third kappa shape index (κ3) is 6.87. The molecule has 0 spiro atoms. The normalized spacial score (nSPS) is 19.6. The Morgan fingerprint density at radius 2 is 0.964 bits per heavy atom. The van der Waals surface area contributed by atoms with Crippen LogP contribution in [-0.2, 0) is 0 Å². The minimum absolute atomic E-state index is 0.190. The maximum absolute atomic E-state index is 10.5. The first-order valence-corrected chi connectivity index (χ1v) is 9.42. The monoisotopic (exact) mass is 394 g/mol. The minimum Gasteiger partial charge on any atom is -0.478 e. The van der Waals surface area contributed by atoms with Crippen molar-refractivity contribution in [2.75, 3.05) is 54.4 Å². The summed E-state index contributed by atoms with van der Waals surface area (Å²) in [5.41, 5.74) is -0.380. The Balaban J connectivity index is 0.000000217. The molecule has 0 unspecified atom stereocenters. The van der Waals surface area contributed by atoms with Gasteiger partial charge in [0.2, 0.25) is 0 Å². The van der Waals surface area contributed by atoms with Gasteiger partial charge in [-0.05, 0) is 54.2 Å². The summed E-state index contributed by atoms with van der Waals surface area (Å²) in [5, 5.41) is 17.1. The van der Waals surface area contributed by atoms with E-state index in [9.17, 15) is 9.59 Å². The zero-order chi connectivity index (χ0) is 21.4. The fourth-order valence-electron chi connectivity index (χ4n) is 2.91. The van der Waals surface area contributed by atoms with Gasteiger partial charge in [-0.1, -0.05) is 12.1 Å². The van der Waals surface area contributed by atoms with Gasteiger partial charge < -0.3 is 10.2 Å². The highest BCUT2D eigenvalue weighted by Crippen LogP contribution is 2.08. The van der Waals surface area contributed by atoms with E-state index >= 15 is 0 Å². The Kier molecular flexibility index (Phi) is 9.54. The summed E-state index contributed by atoms with van der Waals surface area (Å²) < 4.78 is 0. The zero-order valence-corrected chi connectivity index (χ0v) is 17.8. The first kappa shape index (κ1) is 24.0. The van der Waals surface area contributed by atoms with Gasteiger partial charge in [0.05, 0.1) is 23.5 Å². The molecule has 28 heavy (non-hydrogen) atoms. The smallest absolute Gasteiger partial charge is 0.336 e. The fourth-order valence-corrected chi connectivity index (χ4v) is 2.91. The molecule has 0 amide bonds. The third-order valence-corrected chi connectivity index (χ3v) is 5.55. The number of rotatable bonds is 2. The van der Waals surface area contributed by atoms with E-state index in [1.54, 1.807) is 0 Å². The lowest BCUT2D eigenvalue weighted by molar-refractivity contribution is 0.0651. The molecule has 0 aliphatic carbocycles. The molecule has 2 saturated heterocycles. The van der Waals surface area contributed by atoms with Crippen LogP contribution in [0.5, 0.6) is 0 Å². The van der Waals surface area contributed by atoms with Gasteiger partial charge in [0.15, 0.2) is 0 Å². The molecule has 2 aliphatic rings. The number of carboxylic acids is 2. The van der Waals surface area contributed by atoms with Crippen molar-refractivity contribution >= 4 is 11.9 Å². The van der Waals surface area contributed by atoms with Crippen molar-refractivity contribution in [2.45, 2.75) is 26.2 Å². The number of nitrogens with zero attached hydrogens (tertiary/aromatic N) is 4. The number of likely N-dealkylation sites (N-methyl/N-ethyl adjacent to an activating group) is 4. The van der Waals surface area contributed by atoms with E-state index in [2.05, 4.69) is 61.6 Å². The predicted molar refractivity (Wildman–Crippen MR) is 110 cm³/mol. The molecule has 0 atom stereocenters. The van der Waals surface area contributed by atoms with E-state index in [4.69, 9.17) is 10.2 Å². The van der Waals surface area contributed by atoms with Crippen molar-refractivity contribution in [3.05, 3.63) is 35.4 Å². The lowest BCUT2D eigenvalue weighted by atomic mass is 10.1. The second-order valence-corrected chi connectivity index (χ2v) is 7.34. The Bertz CT molecular complexity index is 580. The predicted octanol–water partition coefficient (Wildman–Crippen LogP) is 1.50. The maximum atomic E-state index is 10.5. The summed E-state index contributed by atoms with van der Waals surface area (Å²) in [5.74, 6) is -2.46. The summed E-state index contributed by atoms with van der Waals surface area (Å²) in [6, 6.07) is 5.48. The second kappa shape index (κ2) is 11.1. The summed E-state index contributed by atoms with van der Waals surface area (Å²) >= 11 is 0. The van der Waals surface area contributed by atoms with E-state index < -0.39 is 11.9 Å². The molecule has 2 heterocycles. The topological polar surface area (TPSA) is 87.6 Å². The zero-order valence-electron chi connectivity index (χ0n) is 17.8. The largest absolute Gasteiger partial charge is 0.478 e. The van der Waals surface area contributed by atoms with Crippen LogP contribution in [0.2, 0.25) is 0 Å². The van der Waals surface area contributed by atoms with Gasteiger partial charge in [-0.25, -0.2) is 9.59 Å². The number of benzene rings is 1. The van der Waals surface area contributed by atoms with Crippen LogP contribution in [0.4, 0.5) is 0 Å². The second-order valence-electron chi connectivity index (χ2n) is 7.34. The number of aromatic carboxylic acids is 2. The van der Waals surface area contributed by atoms with Gasteiger partial charge in [-0.2, -0.15) is 0 Å². The summed E-state index contributed by atoms with van der Waals surface area (Å²) in [7, 11) is 8.64. The number of hydrogen-bond acceptors (Lipinski definition) is 6. The first-order chi connectivity index (χ1) is 13.1. The Hall–Kier alpha value is -2.00. The molecular formula is C20H34N4O4. The lowest BCUT2D eigenvalue weighted by Crippen LogP contribution is -2.30. The molecular weight excluding hydrogens is 360 g/mol. The number of carbonyl (C=O) groups is 2. The SMILES string of the molecule is CC1N(C)CCN1C.CC1N(C)CCN1C.O=C(O)c1ccccc1C(=O)O. The van der Waals surface area contributed by atoms with Crippen molar-refractivity contribution in [3.8, 4) is 0 Å². The Labute approximate surface area is 167 Å². The van der Waals surface area contributed by atoms with Crippen LogP contribution in [0.1, 0.15) is 34.6 Å². The molecule has 1 aromatic carbocycles. The Morgan fingerprint density at radius 1 is 0.714 bits per heavy atom. The van der Waals surface area contributed by atoms with Gasteiger partial charge in [0, 0.05) is 26.2 Å². The van der Waals surface area contributed by atoms with Gasteiger partial charge in [-0.15, -0.1) is 0 Å². The highest BCUT2D eigenvalue weighted by molar-refractivity contribution is 6.01. The van der Waals surface area contributed by atoms with Gasteiger partial charge in [-0.3, -0.25) is 19.6 Å². The number of carboxylic acid groups (broad SMARTS) is 2. The molecule has 8 nitrogen and oxygen atoms in total. The van der Waals surface area contributed by atoms with E-state index in [0.717, 1.165) is 0 Å². The van der Waals surface area contributed by atoms with Crippen molar-refractivity contribution in [1.82, 2.24) is 19.6 Å². The van der Waals surface area contributed by atoms with Crippen molar-refractivity contribution in [3.63, 3.8) is 0 Å². The first-order valence-electron chi connectivity index (χ1n) is 9.42. The summed E-state index contributed by atoms with van der Waals surface area (Å²) in [4.78, 5) is 30.3. The standard InChI is InChI=1S/C8H6O4.2C6H14N2/c9-7(10)5-3-1-2-4-6(5)8(11)12;2*1-6-7(2)4-5-8(6)3/h1-4H,(H,9,10)(H,11,12);2*6H,4-5H2,1-3H3. The van der Waals surface area contributed by atoms with Crippen LogP contribution in [0.3, 0.4) is 0 Å².